The summed E-state index contributed by atoms with van der Waals surface area (Å²) in [6.45, 7) is 3.79. The summed E-state index contributed by atoms with van der Waals surface area (Å²) in [6.07, 6.45) is 3.37. The van der Waals surface area contributed by atoms with E-state index in [9.17, 15) is 0 Å². The second-order valence-electron chi connectivity index (χ2n) is 5.33. The number of rotatable bonds is 2. The number of pyridine rings is 1. The van der Waals surface area contributed by atoms with Crippen LogP contribution in [-0.4, -0.2) is 19.9 Å². The number of hydrogen-bond acceptors (Lipinski definition) is 5. The SMILES string of the molecule is Cc1cccc(-c2oc(C)nc2-c2ccc3nccnc3c2)n1. The third kappa shape index (κ3) is 2.46. The van der Waals surface area contributed by atoms with Gasteiger partial charge in [-0.1, -0.05) is 12.1 Å². The summed E-state index contributed by atoms with van der Waals surface area (Å²) >= 11 is 0. The van der Waals surface area contributed by atoms with Gasteiger partial charge in [0.1, 0.15) is 11.4 Å². The van der Waals surface area contributed by atoms with Gasteiger partial charge >= 0.3 is 0 Å². The molecule has 3 heterocycles. The van der Waals surface area contributed by atoms with Crippen molar-refractivity contribution >= 4 is 11.0 Å². The number of fused-ring (bicyclic) bond motifs is 1. The minimum Gasteiger partial charge on any atom is -0.439 e. The van der Waals surface area contributed by atoms with Crippen LogP contribution >= 0.6 is 0 Å². The van der Waals surface area contributed by atoms with E-state index < -0.39 is 0 Å². The van der Waals surface area contributed by atoms with Gasteiger partial charge in [0, 0.05) is 30.6 Å². The third-order valence-corrected chi connectivity index (χ3v) is 3.60. The molecule has 4 rings (SSSR count). The van der Waals surface area contributed by atoms with Crippen LogP contribution in [0.2, 0.25) is 0 Å². The summed E-state index contributed by atoms with van der Waals surface area (Å²) in [7, 11) is 0. The minimum atomic E-state index is 0.609. The largest absolute Gasteiger partial charge is 0.439 e. The van der Waals surface area contributed by atoms with E-state index in [4.69, 9.17) is 4.42 Å². The van der Waals surface area contributed by atoms with Crippen LogP contribution in [0.1, 0.15) is 11.6 Å². The molecule has 0 saturated heterocycles. The molecule has 0 aliphatic carbocycles. The Morgan fingerprint density at radius 3 is 2.52 bits per heavy atom. The highest BCUT2D eigenvalue weighted by molar-refractivity contribution is 5.83. The maximum Gasteiger partial charge on any atom is 0.192 e. The summed E-state index contributed by atoms with van der Waals surface area (Å²) in [5, 5.41) is 0. The molecular formula is C18H14N4O. The van der Waals surface area contributed by atoms with E-state index in [2.05, 4.69) is 19.9 Å². The molecule has 0 aliphatic heterocycles. The van der Waals surface area contributed by atoms with Crippen LogP contribution in [0.4, 0.5) is 0 Å². The summed E-state index contributed by atoms with van der Waals surface area (Å²) in [6, 6.07) is 11.7. The van der Waals surface area contributed by atoms with Crippen molar-refractivity contribution in [3.63, 3.8) is 0 Å². The minimum absolute atomic E-state index is 0.609. The Morgan fingerprint density at radius 2 is 1.70 bits per heavy atom. The van der Waals surface area contributed by atoms with E-state index in [1.807, 2.05) is 50.2 Å². The first-order valence-corrected chi connectivity index (χ1v) is 7.33. The molecule has 0 unspecified atom stereocenters. The van der Waals surface area contributed by atoms with E-state index in [1.165, 1.54) is 0 Å². The molecule has 23 heavy (non-hydrogen) atoms. The lowest BCUT2D eigenvalue weighted by atomic mass is 10.1. The first-order chi connectivity index (χ1) is 11.2. The zero-order chi connectivity index (χ0) is 15.8. The quantitative estimate of drug-likeness (QED) is 0.560. The van der Waals surface area contributed by atoms with Crippen molar-refractivity contribution in [1.29, 1.82) is 0 Å². The van der Waals surface area contributed by atoms with Gasteiger partial charge in [0.25, 0.3) is 0 Å². The van der Waals surface area contributed by atoms with Gasteiger partial charge in [-0.3, -0.25) is 9.97 Å². The average molecular weight is 302 g/mol. The molecule has 5 nitrogen and oxygen atoms in total. The maximum atomic E-state index is 5.81. The number of aryl methyl sites for hydroxylation is 2. The lowest BCUT2D eigenvalue weighted by Gasteiger charge is -2.03. The highest BCUT2D eigenvalue weighted by Gasteiger charge is 2.17. The number of nitrogens with zero attached hydrogens (tertiary/aromatic N) is 4. The summed E-state index contributed by atoms with van der Waals surface area (Å²) in [5.74, 6) is 1.28. The topological polar surface area (TPSA) is 64.7 Å². The number of aromatic nitrogens is 4. The van der Waals surface area contributed by atoms with Crippen LogP contribution in [0.15, 0.2) is 53.2 Å². The maximum absolute atomic E-state index is 5.81. The second-order valence-corrected chi connectivity index (χ2v) is 5.33. The molecule has 112 valence electrons. The van der Waals surface area contributed by atoms with Crippen molar-refractivity contribution in [2.75, 3.05) is 0 Å². The molecule has 0 atom stereocenters. The van der Waals surface area contributed by atoms with Gasteiger partial charge in [-0.15, -0.1) is 0 Å². The van der Waals surface area contributed by atoms with E-state index in [1.54, 1.807) is 12.4 Å². The number of hydrogen-bond donors (Lipinski definition) is 0. The normalized spacial score (nSPS) is 11.0. The van der Waals surface area contributed by atoms with Gasteiger partial charge < -0.3 is 4.42 Å². The van der Waals surface area contributed by atoms with Crippen molar-refractivity contribution in [2.24, 2.45) is 0 Å². The van der Waals surface area contributed by atoms with E-state index >= 15 is 0 Å². The molecule has 0 amide bonds. The fraction of sp³-hybridized carbons (Fsp3) is 0.111. The van der Waals surface area contributed by atoms with Crippen LogP contribution in [0.25, 0.3) is 33.7 Å². The molecule has 0 spiro atoms. The average Bonchev–Trinajstić information content (AvgIpc) is 2.96. The Labute approximate surface area is 133 Å². The predicted molar refractivity (Wildman–Crippen MR) is 87.7 cm³/mol. The third-order valence-electron chi connectivity index (χ3n) is 3.60. The van der Waals surface area contributed by atoms with Gasteiger partial charge in [-0.25, -0.2) is 9.97 Å². The van der Waals surface area contributed by atoms with Gasteiger partial charge in [0.15, 0.2) is 11.7 Å². The Balaban J connectivity index is 1.91. The lowest BCUT2D eigenvalue weighted by Crippen LogP contribution is -1.89. The fourth-order valence-corrected chi connectivity index (χ4v) is 2.58. The Morgan fingerprint density at radius 1 is 0.870 bits per heavy atom. The Kier molecular flexibility index (Phi) is 3.12. The molecular weight excluding hydrogens is 288 g/mol. The smallest absolute Gasteiger partial charge is 0.192 e. The van der Waals surface area contributed by atoms with Crippen molar-refractivity contribution in [3.8, 4) is 22.7 Å². The van der Waals surface area contributed by atoms with Crippen LogP contribution < -0.4 is 0 Å². The lowest BCUT2D eigenvalue weighted by molar-refractivity contribution is 0.532. The molecule has 0 bridgehead atoms. The van der Waals surface area contributed by atoms with E-state index in [-0.39, 0.29) is 0 Å². The zero-order valence-electron chi connectivity index (χ0n) is 12.8. The van der Waals surface area contributed by atoms with Crippen LogP contribution in [0, 0.1) is 13.8 Å². The summed E-state index contributed by atoms with van der Waals surface area (Å²) < 4.78 is 5.81. The van der Waals surface area contributed by atoms with Gasteiger partial charge in [-0.05, 0) is 31.2 Å². The zero-order valence-corrected chi connectivity index (χ0v) is 12.8. The molecule has 0 N–H and O–H groups in total. The first kappa shape index (κ1) is 13.6. The fourth-order valence-electron chi connectivity index (χ4n) is 2.58. The Bertz CT molecular complexity index is 1010. The van der Waals surface area contributed by atoms with Crippen molar-refractivity contribution < 1.29 is 4.42 Å². The second kappa shape index (κ2) is 5.28. The molecule has 0 saturated carbocycles. The standard InChI is InChI=1S/C18H14N4O/c1-11-4-3-5-15(21-11)18-17(22-12(2)23-18)13-6-7-14-16(10-13)20-9-8-19-14/h3-10H,1-2H3. The molecule has 1 aromatic carbocycles. The monoisotopic (exact) mass is 302 g/mol. The number of oxazole rings is 1. The van der Waals surface area contributed by atoms with Crippen LogP contribution in [0.3, 0.4) is 0 Å². The van der Waals surface area contributed by atoms with Crippen molar-refractivity contribution in [2.45, 2.75) is 13.8 Å². The predicted octanol–water partition coefficient (Wildman–Crippen LogP) is 3.96. The van der Waals surface area contributed by atoms with Crippen LogP contribution in [-0.2, 0) is 0 Å². The van der Waals surface area contributed by atoms with Gasteiger partial charge in [-0.2, -0.15) is 0 Å². The molecule has 0 fully saturated rings. The first-order valence-electron chi connectivity index (χ1n) is 7.33. The van der Waals surface area contributed by atoms with Crippen molar-refractivity contribution in [1.82, 2.24) is 19.9 Å². The summed E-state index contributed by atoms with van der Waals surface area (Å²) in [4.78, 5) is 17.7. The Hall–Kier alpha value is -3.08. The summed E-state index contributed by atoms with van der Waals surface area (Å²) in [5.41, 5.74) is 5.11. The number of benzene rings is 1. The van der Waals surface area contributed by atoms with Gasteiger partial charge in [0.2, 0.25) is 0 Å². The molecule has 0 radical (unpaired) electrons. The highest BCUT2D eigenvalue weighted by Crippen LogP contribution is 2.32. The molecule has 3 aromatic heterocycles. The van der Waals surface area contributed by atoms with Gasteiger partial charge in [0.05, 0.1) is 11.0 Å². The molecule has 0 aliphatic rings. The molecule has 5 heteroatoms. The van der Waals surface area contributed by atoms with E-state index in [0.717, 1.165) is 33.7 Å². The van der Waals surface area contributed by atoms with Crippen molar-refractivity contribution in [3.05, 3.63) is 60.4 Å². The molecule has 4 aromatic rings. The van der Waals surface area contributed by atoms with Crippen LogP contribution in [0.5, 0.6) is 0 Å². The van der Waals surface area contributed by atoms with E-state index in [0.29, 0.717) is 11.7 Å². The highest BCUT2D eigenvalue weighted by atomic mass is 16.4.